The first-order chi connectivity index (χ1) is 13.0. The molecule has 142 valence electrons. The Labute approximate surface area is 162 Å². The molecule has 0 heterocycles. The predicted octanol–water partition coefficient (Wildman–Crippen LogP) is 3.64. The van der Waals surface area contributed by atoms with Crippen LogP contribution in [0.3, 0.4) is 0 Å². The van der Waals surface area contributed by atoms with Crippen molar-refractivity contribution in [2.75, 3.05) is 20.8 Å². The van der Waals surface area contributed by atoms with Crippen molar-refractivity contribution in [3.63, 3.8) is 0 Å². The van der Waals surface area contributed by atoms with Gasteiger partial charge in [-0.3, -0.25) is 5.43 Å². The number of hydrogen-bond acceptors (Lipinski definition) is 7. The van der Waals surface area contributed by atoms with Crippen LogP contribution in [0.25, 0.3) is 0 Å². The lowest BCUT2D eigenvalue weighted by Gasteiger charge is -2.05. The first-order valence-corrected chi connectivity index (χ1v) is 8.51. The highest BCUT2D eigenvalue weighted by Crippen LogP contribution is 2.29. The Morgan fingerprint density at radius 2 is 1.74 bits per heavy atom. The molecule has 2 aromatic carbocycles. The Morgan fingerprint density at radius 3 is 2.37 bits per heavy atom. The van der Waals surface area contributed by atoms with Crippen LogP contribution in [0.2, 0.25) is 0 Å². The number of hydrazone groups is 1. The summed E-state index contributed by atoms with van der Waals surface area (Å²) in [6.45, 7) is 2.62. The van der Waals surface area contributed by atoms with Crippen LogP contribution in [0.4, 0.5) is 11.4 Å². The molecule has 0 aliphatic carbocycles. The minimum atomic E-state index is 0.0666. The number of methoxy groups -OCH3 is 2. The largest absolute Gasteiger partial charge is 0.507 e. The maximum absolute atomic E-state index is 9.95. The van der Waals surface area contributed by atoms with Crippen LogP contribution in [-0.4, -0.2) is 37.2 Å². The third kappa shape index (κ3) is 6.23. The number of benzene rings is 2. The number of aromatic hydroxyl groups is 1. The summed E-state index contributed by atoms with van der Waals surface area (Å²) in [4.78, 5) is 0. The molecular formula is C18H21N5O3S. The molecule has 9 heteroatoms. The van der Waals surface area contributed by atoms with Gasteiger partial charge in [-0.2, -0.15) is 15.3 Å². The zero-order valence-electron chi connectivity index (χ0n) is 15.3. The highest BCUT2D eigenvalue weighted by molar-refractivity contribution is 7.80. The standard InChI is InChI=1S/C18H21N5O3S/c1-4-19-18(27)23-20-11-12-7-13(5-6-17(12)24)21-22-14-8-15(25-2)10-16(9-14)26-3/h5-11,24H,4H2,1-3H3,(H2,19,23,27). The van der Waals surface area contributed by atoms with Gasteiger partial charge in [-0.1, -0.05) is 0 Å². The fraction of sp³-hybridized carbons (Fsp3) is 0.222. The summed E-state index contributed by atoms with van der Waals surface area (Å²) in [6, 6.07) is 10.0. The van der Waals surface area contributed by atoms with Crippen LogP contribution in [-0.2, 0) is 0 Å². The van der Waals surface area contributed by atoms with Crippen molar-refractivity contribution in [3.05, 3.63) is 42.0 Å². The Hall–Kier alpha value is -3.20. The second kappa shape index (κ2) is 10.1. The third-order valence-electron chi connectivity index (χ3n) is 3.34. The van der Waals surface area contributed by atoms with E-state index in [0.717, 1.165) is 0 Å². The fourth-order valence-electron chi connectivity index (χ4n) is 2.03. The Morgan fingerprint density at radius 1 is 1.07 bits per heavy atom. The Balaban J connectivity index is 2.16. The topological polar surface area (TPSA) is 99.8 Å². The van der Waals surface area contributed by atoms with Crippen LogP contribution in [0.1, 0.15) is 12.5 Å². The van der Waals surface area contributed by atoms with E-state index in [1.165, 1.54) is 12.3 Å². The lowest BCUT2D eigenvalue weighted by molar-refractivity contribution is 0.394. The molecule has 0 amide bonds. The lowest BCUT2D eigenvalue weighted by Crippen LogP contribution is -2.31. The van der Waals surface area contributed by atoms with Gasteiger partial charge in [0.25, 0.3) is 0 Å². The van der Waals surface area contributed by atoms with E-state index in [1.54, 1.807) is 44.6 Å². The van der Waals surface area contributed by atoms with Crippen LogP contribution in [0.15, 0.2) is 51.7 Å². The number of thiocarbonyl (C=S) groups is 1. The average Bonchev–Trinajstić information content (AvgIpc) is 2.68. The van der Waals surface area contributed by atoms with Crippen molar-refractivity contribution in [3.8, 4) is 17.2 Å². The SMILES string of the molecule is CCNC(=S)NN=Cc1cc(N=Nc2cc(OC)cc(OC)c2)ccc1O. The number of phenolic OH excluding ortho intramolecular Hbond substituents is 1. The number of azo groups is 1. The van der Waals surface area contributed by atoms with Crippen LogP contribution in [0.5, 0.6) is 17.2 Å². The molecule has 0 aliphatic rings. The van der Waals surface area contributed by atoms with Crippen molar-refractivity contribution in [2.24, 2.45) is 15.3 Å². The number of phenols is 1. The maximum atomic E-state index is 9.95. The molecule has 0 bridgehead atoms. The number of nitrogens with one attached hydrogen (secondary N) is 2. The summed E-state index contributed by atoms with van der Waals surface area (Å²) in [7, 11) is 3.13. The molecule has 0 unspecified atom stereocenters. The van der Waals surface area contributed by atoms with Crippen molar-refractivity contribution >= 4 is 34.9 Å². The van der Waals surface area contributed by atoms with Crippen molar-refractivity contribution < 1.29 is 14.6 Å². The fourth-order valence-corrected chi connectivity index (χ4v) is 2.23. The van der Waals surface area contributed by atoms with E-state index in [-0.39, 0.29) is 5.75 Å². The van der Waals surface area contributed by atoms with E-state index in [1.807, 2.05) is 6.92 Å². The monoisotopic (exact) mass is 387 g/mol. The molecule has 0 saturated heterocycles. The normalized spacial score (nSPS) is 10.9. The van der Waals surface area contributed by atoms with Gasteiger partial charge in [0, 0.05) is 30.3 Å². The second-order valence-corrected chi connectivity index (χ2v) is 5.65. The second-order valence-electron chi connectivity index (χ2n) is 5.24. The molecule has 2 aromatic rings. The first-order valence-electron chi connectivity index (χ1n) is 8.10. The van der Waals surface area contributed by atoms with Gasteiger partial charge >= 0.3 is 0 Å². The van der Waals surface area contributed by atoms with Gasteiger partial charge in [0.15, 0.2) is 5.11 Å². The van der Waals surface area contributed by atoms with Crippen molar-refractivity contribution in [1.82, 2.24) is 10.7 Å². The summed E-state index contributed by atoms with van der Waals surface area (Å²) in [5, 5.41) is 25.6. The summed E-state index contributed by atoms with van der Waals surface area (Å²) in [5.41, 5.74) is 4.25. The summed E-state index contributed by atoms with van der Waals surface area (Å²) in [5.74, 6) is 1.30. The van der Waals surface area contributed by atoms with Gasteiger partial charge in [-0.15, -0.1) is 0 Å². The van der Waals surface area contributed by atoms with Gasteiger partial charge in [0.05, 0.1) is 31.8 Å². The molecular weight excluding hydrogens is 366 g/mol. The molecule has 8 nitrogen and oxygen atoms in total. The molecule has 0 atom stereocenters. The van der Waals surface area contributed by atoms with Gasteiger partial charge in [0.2, 0.25) is 0 Å². The minimum absolute atomic E-state index is 0.0666. The highest BCUT2D eigenvalue weighted by atomic mass is 32.1. The Bertz CT molecular complexity index is 833. The molecule has 3 N–H and O–H groups in total. The molecule has 0 spiro atoms. The molecule has 0 aromatic heterocycles. The minimum Gasteiger partial charge on any atom is -0.507 e. The first kappa shape index (κ1) is 20.1. The summed E-state index contributed by atoms with van der Waals surface area (Å²) in [6.07, 6.45) is 1.45. The summed E-state index contributed by atoms with van der Waals surface area (Å²) >= 11 is 5.01. The smallest absolute Gasteiger partial charge is 0.186 e. The molecule has 0 fully saturated rings. The van der Waals surface area contributed by atoms with Crippen molar-refractivity contribution in [1.29, 1.82) is 0 Å². The van der Waals surface area contributed by atoms with E-state index in [4.69, 9.17) is 21.7 Å². The van der Waals surface area contributed by atoms with Crippen molar-refractivity contribution in [2.45, 2.75) is 6.92 Å². The van der Waals surface area contributed by atoms with E-state index in [9.17, 15) is 5.11 Å². The lowest BCUT2D eigenvalue weighted by atomic mass is 10.2. The van der Waals surface area contributed by atoms with E-state index >= 15 is 0 Å². The highest BCUT2D eigenvalue weighted by Gasteiger charge is 2.03. The van der Waals surface area contributed by atoms with E-state index < -0.39 is 0 Å². The molecule has 27 heavy (non-hydrogen) atoms. The summed E-state index contributed by atoms with van der Waals surface area (Å²) < 4.78 is 10.4. The van der Waals surface area contributed by atoms with Gasteiger partial charge in [0.1, 0.15) is 17.2 Å². The van der Waals surface area contributed by atoms with Gasteiger partial charge < -0.3 is 19.9 Å². The van der Waals surface area contributed by atoms with E-state index in [2.05, 4.69) is 26.1 Å². The van der Waals surface area contributed by atoms with Gasteiger partial charge in [-0.25, -0.2) is 0 Å². The zero-order chi connectivity index (χ0) is 19.6. The zero-order valence-corrected chi connectivity index (χ0v) is 16.1. The third-order valence-corrected chi connectivity index (χ3v) is 3.57. The molecule has 0 radical (unpaired) electrons. The van der Waals surface area contributed by atoms with E-state index in [0.29, 0.717) is 40.1 Å². The van der Waals surface area contributed by atoms with Crippen LogP contribution in [0, 0.1) is 0 Å². The van der Waals surface area contributed by atoms with Crippen LogP contribution < -0.4 is 20.2 Å². The quantitative estimate of drug-likeness (QED) is 0.290. The number of nitrogens with zero attached hydrogens (tertiary/aromatic N) is 3. The number of hydrogen-bond donors (Lipinski definition) is 3. The number of rotatable bonds is 7. The molecule has 0 saturated carbocycles. The van der Waals surface area contributed by atoms with Crippen LogP contribution >= 0.6 is 12.2 Å². The predicted molar refractivity (Wildman–Crippen MR) is 109 cm³/mol. The molecule has 2 rings (SSSR count). The maximum Gasteiger partial charge on any atom is 0.186 e. The number of ether oxygens (including phenoxy) is 2. The molecule has 0 aliphatic heterocycles. The van der Waals surface area contributed by atoms with Gasteiger partial charge in [-0.05, 0) is 37.3 Å². The Kier molecular flexibility index (Phi) is 7.50. The average molecular weight is 387 g/mol.